The second-order valence-corrected chi connectivity index (χ2v) is 5.03. The van der Waals surface area contributed by atoms with E-state index in [0.29, 0.717) is 22.1 Å². The summed E-state index contributed by atoms with van der Waals surface area (Å²) in [5.41, 5.74) is 0.861. The minimum Gasteiger partial charge on any atom is -0.478 e. The van der Waals surface area contributed by atoms with Crippen molar-refractivity contribution in [1.82, 2.24) is 0 Å². The summed E-state index contributed by atoms with van der Waals surface area (Å²) < 4.78 is 0. The Labute approximate surface area is 147 Å². The highest BCUT2D eigenvalue weighted by molar-refractivity contribution is 6.12. The number of hydrogen-bond donors (Lipinski definition) is 4. The summed E-state index contributed by atoms with van der Waals surface area (Å²) in [6.45, 7) is 0. The van der Waals surface area contributed by atoms with Crippen LogP contribution in [0.3, 0.4) is 0 Å². The van der Waals surface area contributed by atoms with Gasteiger partial charge in [-0.3, -0.25) is 9.59 Å². The molecule has 4 N–H and O–H groups in total. The average molecular weight is 354 g/mol. The molecule has 0 saturated carbocycles. The van der Waals surface area contributed by atoms with Crippen molar-refractivity contribution in [2.24, 2.45) is 0 Å². The van der Waals surface area contributed by atoms with Crippen LogP contribution in [0.4, 0.5) is 11.4 Å². The van der Waals surface area contributed by atoms with E-state index in [1.807, 2.05) is 0 Å². The van der Waals surface area contributed by atoms with Crippen molar-refractivity contribution in [1.29, 1.82) is 0 Å². The molecule has 2 aromatic carbocycles. The first-order valence-electron chi connectivity index (χ1n) is 7.32. The van der Waals surface area contributed by atoms with Crippen molar-refractivity contribution in [3.63, 3.8) is 0 Å². The van der Waals surface area contributed by atoms with Gasteiger partial charge in [-0.2, -0.15) is 0 Å². The Bertz CT molecular complexity index is 869. The molecule has 0 spiro atoms. The number of hydrogen-bond acceptors (Lipinski definition) is 4. The second kappa shape index (κ2) is 8.25. The summed E-state index contributed by atoms with van der Waals surface area (Å²) in [5, 5.41) is 23.5. The summed E-state index contributed by atoms with van der Waals surface area (Å²) >= 11 is 0. The molecule has 0 aliphatic carbocycles. The van der Waals surface area contributed by atoms with Gasteiger partial charge in [-0.15, -0.1) is 0 Å². The van der Waals surface area contributed by atoms with Crippen molar-refractivity contribution in [2.75, 3.05) is 10.6 Å². The van der Waals surface area contributed by atoms with Crippen LogP contribution in [-0.2, 0) is 19.2 Å². The Morgan fingerprint density at radius 1 is 0.654 bits per heavy atom. The standard InChI is InChI=1S/C18H14N2O6/c21-15(7-9-17(23)24)19-13-5-1-3-11-12(13)4-2-6-14(11)20-16(22)8-10-18(25)26/h1-10H,(H,19,21)(H,20,22)(H,23,24)(H,25,26). The lowest BCUT2D eigenvalue weighted by Crippen LogP contribution is -2.10. The van der Waals surface area contributed by atoms with E-state index < -0.39 is 23.8 Å². The fourth-order valence-corrected chi connectivity index (χ4v) is 2.17. The van der Waals surface area contributed by atoms with Crippen LogP contribution in [0.1, 0.15) is 0 Å². The topological polar surface area (TPSA) is 133 Å². The third-order valence-corrected chi connectivity index (χ3v) is 3.19. The maximum Gasteiger partial charge on any atom is 0.328 e. The van der Waals surface area contributed by atoms with Crippen LogP contribution in [-0.4, -0.2) is 34.0 Å². The Balaban J connectivity index is 2.30. The van der Waals surface area contributed by atoms with E-state index in [9.17, 15) is 19.2 Å². The number of carbonyl (C=O) groups excluding carboxylic acids is 2. The molecule has 0 unspecified atom stereocenters. The third kappa shape index (κ3) is 5.03. The van der Waals surface area contributed by atoms with Crippen LogP contribution in [0.15, 0.2) is 60.7 Å². The van der Waals surface area contributed by atoms with Crippen LogP contribution in [0.2, 0.25) is 0 Å². The van der Waals surface area contributed by atoms with Gasteiger partial charge >= 0.3 is 11.9 Å². The molecule has 0 bridgehead atoms. The maximum atomic E-state index is 11.8. The summed E-state index contributed by atoms with van der Waals surface area (Å²) in [7, 11) is 0. The number of anilines is 2. The minimum atomic E-state index is -1.24. The van der Waals surface area contributed by atoms with E-state index in [0.717, 1.165) is 24.3 Å². The number of carbonyl (C=O) groups is 4. The molecule has 0 fully saturated rings. The molecule has 2 rings (SSSR count). The predicted molar refractivity (Wildman–Crippen MR) is 94.8 cm³/mol. The van der Waals surface area contributed by atoms with E-state index in [1.54, 1.807) is 36.4 Å². The lowest BCUT2D eigenvalue weighted by atomic mass is 10.1. The van der Waals surface area contributed by atoms with Gasteiger partial charge in [-0.25, -0.2) is 9.59 Å². The Hall–Kier alpha value is -3.94. The van der Waals surface area contributed by atoms with Crippen LogP contribution < -0.4 is 10.6 Å². The van der Waals surface area contributed by atoms with Gasteiger partial charge in [0.25, 0.3) is 0 Å². The molecule has 2 amide bonds. The summed E-state index contributed by atoms with van der Waals surface area (Å²) in [6.07, 6.45) is 3.23. The van der Waals surface area contributed by atoms with Gasteiger partial charge in [-0.05, 0) is 12.1 Å². The van der Waals surface area contributed by atoms with Crippen molar-refractivity contribution in [3.8, 4) is 0 Å². The third-order valence-electron chi connectivity index (χ3n) is 3.19. The lowest BCUT2D eigenvalue weighted by molar-refractivity contribution is -0.132. The molecular weight excluding hydrogens is 340 g/mol. The van der Waals surface area contributed by atoms with Gasteiger partial charge in [-0.1, -0.05) is 24.3 Å². The molecular formula is C18H14N2O6. The first kappa shape index (κ1) is 18.4. The number of fused-ring (bicyclic) bond motifs is 1. The van der Waals surface area contributed by atoms with Gasteiger partial charge < -0.3 is 20.8 Å². The summed E-state index contributed by atoms with van der Waals surface area (Å²) in [4.78, 5) is 44.5. The van der Waals surface area contributed by atoms with Gasteiger partial charge in [0.2, 0.25) is 11.8 Å². The van der Waals surface area contributed by atoms with E-state index in [2.05, 4.69) is 10.6 Å². The van der Waals surface area contributed by atoms with Crippen molar-refractivity contribution in [3.05, 3.63) is 60.7 Å². The first-order valence-corrected chi connectivity index (χ1v) is 7.32. The monoisotopic (exact) mass is 354 g/mol. The highest BCUT2D eigenvalue weighted by Gasteiger charge is 2.08. The smallest absolute Gasteiger partial charge is 0.328 e. The molecule has 0 atom stereocenters. The SMILES string of the molecule is O=C(O)C=CC(=O)Nc1cccc2c(NC(=O)C=CC(=O)O)cccc12. The summed E-state index contributed by atoms with van der Waals surface area (Å²) in [5.74, 6) is -3.70. The fraction of sp³-hybridized carbons (Fsp3) is 0. The van der Waals surface area contributed by atoms with Gasteiger partial charge in [0, 0.05) is 46.5 Å². The largest absolute Gasteiger partial charge is 0.478 e. The van der Waals surface area contributed by atoms with E-state index in [1.165, 1.54) is 0 Å². The highest BCUT2D eigenvalue weighted by Crippen LogP contribution is 2.29. The number of rotatable bonds is 6. The van der Waals surface area contributed by atoms with E-state index >= 15 is 0 Å². The molecule has 2 aromatic rings. The second-order valence-electron chi connectivity index (χ2n) is 5.03. The fourth-order valence-electron chi connectivity index (χ4n) is 2.17. The molecule has 0 aliphatic heterocycles. The molecule has 0 heterocycles. The molecule has 8 nitrogen and oxygen atoms in total. The zero-order valence-electron chi connectivity index (χ0n) is 13.3. The van der Waals surface area contributed by atoms with Crippen LogP contribution >= 0.6 is 0 Å². The van der Waals surface area contributed by atoms with Gasteiger partial charge in [0.1, 0.15) is 0 Å². The van der Waals surface area contributed by atoms with Crippen LogP contribution in [0, 0.1) is 0 Å². The molecule has 0 aliphatic rings. The maximum absolute atomic E-state index is 11.8. The summed E-state index contributed by atoms with van der Waals surface area (Å²) in [6, 6.07) is 10.0. The van der Waals surface area contributed by atoms with Crippen LogP contribution in [0.25, 0.3) is 10.8 Å². The molecule has 26 heavy (non-hydrogen) atoms. The highest BCUT2D eigenvalue weighted by atomic mass is 16.4. The normalized spacial score (nSPS) is 10.9. The minimum absolute atomic E-state index is 0.430. The number of amides is 2. The van der Waals surface area contributed by atoms with Crippen molar-refractivity contribution in [2.45, 2.75) is 0 Å². The quantitative estimate of drug-likeness (QED) is 0.587. The zero-order chi connectivity index (χ0) is 19.1. The lowest BCUT2D eigenvalue weighted by Gasteiger charge is -2.11. The van der Waals surface area contributed by atoms with Crippen molar-refractivity contribution < 1.29 is 29.4 Å². The Kier molecular flexibility index (Phi) is 5.83. The molecule has 132 valence electrons. The molecule has 8 heteroatoms. The molecule has 0 aromatic heterocycles. The Morgan fingerprint density at radius 2 is 1.04 bits per heavy atom. The number of nitrogens with one attached hydrogen (secondary N) is 2. The predicted octanol–water partition coefficient (Wildman–Crippen LogP) is 2.00. The first-order chi connectivity index (χ1) is 12.4. The number of carboxylic acids is 2. The van der Waals surface area contributed by atoms with Crippen molar-refractivity contribution >= 4 is 45.9 Å². The number of benzene rings is 2. The average Bonchev–Trinajstić information content (AvgIpc) is 2.59. The number of carboxylic acid groups (broad SMARTS) is 2. The van der Waals surface area contributed by atoms with Crippen LogP contribution in [0.5, 0.6) is 0 Å². The zero-order valence-corrected chi connectivity index (χ0v) is 13.3. The number of aliphatic carboxylic acids is 2. The molecule has 0 saturated heterocycles. The van der Waals surface area contributed by atoms with Gasteiger partial charge in [0.05, 0.1) is 0 Å². The van der Waals surface area contributed by atoms with E-state index in [-0.39, 0.29) is 0 Å². The molecule has 0 radical (unpaired) electrons. The van der Waals surface area contributed by atoms with E-state index in [4.69, 9.17) is 10.2 Å². The van der Waals surface area contributed by atoms with Gasteiger partial charge in [0.15, 0.2) is 0 Å². The Morgan fingerprint density at radius 3 is 1.38 bits per heavy atom.